The second-order valence-corrected chi connectivity index (χ2v) is 5.59. The number of carbonyl (C=O) groups excluding carboxylic acids is 1. The Labute approximate surface area is 108 Å². The molecule has 3 fully saturated rings. The minimum absolute atomic E-state index is 0.297. The second-order valence-electron chi connectivity index (χ2n) is 5.59. The van der Waals surface area contributed by atoms with Crippen LogP contribution >= 0.6 is 0 Å². The molecule has 0 aromatic heterocycles. The summed E-state index contributed by atoms with van der Waals surface area (Å²) in [6.07, 6.45) is 2.50. The maximum Gasteiger partial charge on any atom is 0.248 e. The molecule has 0 radical (unpaired) electrons. The van der Waals surface area contributed by atoms with E-state index >= 15 is 0 Å². The summed E-state index contributed by atoms with van der Waals surface area (Å²) in [7, 11) is 0. The van der Waals surface area contributed by atoms with E-state index in [1.54, 1.807) is 0 Å². The molecule has 3 nitrogen and oxygen atoms in total. The van der Waals surface area contributed by atoms with Crippen LogP contribution in [0.25, 0.3) is 0 Å². The normalized spacial score (nSPS) is 34.5. The first-order valence-corrected chi connectivity index (χ1v) is 6.81. The topological polar surface area (TPSA) is 46.3 Å². The van der Waals surface area contributed by atoms with Crippen molar-refractivity contribution in [2.75, 3.05) is 13.1 Å². The van der Waals surface area contributed by atoms with Crippen LogP contribution in [-0.4, -0.2) is 29.9 Å². The average Bonchev–Trinajstić information content (AvgIpc) is 2.40. The molecule has 0 spiro atoms. The Hall–Kier alpha value is -1.35. The summed E-state index contributed by atoms with van der Waals surface area (Å²) >= 11 is 0. The molecule has 2 atom stereocenters. The van der Waals surface area contributed by atoms with E-state index in [0.717, 1.165) is 5.56 Å². The molecule has 1 amide bonds. The zero-order chi connectivity index (χ0) is 12.7. The number of fused-ring (bicyclic) bond motifs is 3. The van der Waals surface area contributed by atoms with Gasteiger partial charge in [0.25, 0.3) is 0 Å². The number of carbonyl (C=O) groups is 1. The Morgan fingerprint density at radius 3 is 2.56 bits per heavy atom. The molecule has 18 heavy (non-hydrogen) atoms. The molecule has 1 aromatic rings. The quantitative estimate of drug-likeness (QED) is 0.864. The van der Waals surface area contributed by atoms with Gasteiger partial charge >= 0.3 is 0 Å². The van der Waals surface area contributed by atoms with Gasteiger partial charge in [-0.05, 0) is 50.4 Å². The van der Waals surface area contributed by atoms with Crippen molar-refractivity contribution >= 4 is 5.91 Å². The van der Waals surface area contributed by atoms with Gasteiger partial charge in [0.2, 0.25) is 5.91 Å². The summed E-state index contributed by atoms with van der Waals surface area (Å²) in [5.41, 5.74) is 7.38. The lowest BCUT2D eigenvalue weighted by Crippen LogP contribution is -2.52. The summed E-state index contributed by atoms with van der Waals surface area (Å²) in [4.78, 5) is 14.1. The van der Waals surface area contributed by atoms with Gasteiger partial charge in [-0.25, -0.2) is 0 Å². The summed E-state index contributed by atoms with van der Waals surface area (Å²) in [5.74, 6) is 0.885. The van der Waals surface area contributed by atoms with Crippen molar-refractivity contribution in [2.24, 2.45) is 11.7 Å². The Morgan fingerprint density at radius 2 is 1.94 bits per heavy atom. The van der Waals surface area contributed by atoms with Gasteiger partial charge in [0.05, 0.1) is 0 Å². The molecule has 0 aliphatic carbocycles. The third kappa shape index (κ3) is 1.74. The molecule has 4 rings (SSSR count). The Morgan fingerprint density at radius 1 is 1.28 bits per heavy atom. The van der Waals surface area contributed by atoms with Crippen molar-refractivity contribution in [3.8, 4) is 0 Å². The molecule has 2 bridgehead atoms. The summed E-state index contributed by atoms with van der Waals surface area (Å²) in [5, 5.41) is 0. The van der Waals surface area contributed by atoms with Gasteiger partial charge in [0.15, 0.2) is 0 Å². The number of nitrogens with zero attached hydrogens (tertiary/aromatic N) is 1. The number of primary amides is 1. The molecule has 0 unspecified atom stereocenters. The van der Waals surface area contributed by atoms with Gasteiger partial charge in [-0.3, -0.25) is 4.79 Å². The van der Waals surface area contributed by atoms with E-state index in [-0.39, 0.29) is 5.91 Å². The van der Waals surface area contributed by atoms with Gasteiger partial charge in [-0.2, -0.15) is 0 Å². The van der Waals surface area contributed by atoms with Crippen LogP contribution in [0.5, 0.6) is 0 Å². The second kappa shape index (κ2) is 4.39. The van der Waals surface area contributed by atoms with E-state index < -0.39 is 0 Å². The molecule has 3 heteroatoms. The van der Waals surface area contributed by atoms with Crippen LogP contribution in [0.2, 0.25) is 0 Å². The maximum absolute atomic E-state index is 11.6. The highest BCUT2D eigenvalue weighted by molar-refractivity contribution is 5.94. The van der Waals surface area contributed by atoms with E-state index in [2.05, 4.69) is 17.9 Å². The molecule has 3 aliphatic heterocycles. The molecule has 0 saturated carbocycles. The molecule has 96 valence electrons. The van der Waals surface area contributed by atoms with Gasteiger partial charge in [-0.15, -0.1) is 0 Å². The number of amides is 1. The first kappa shape index (κ1) is 11.7. The van der Waals surface area contributed by atoms with Gasteiger partial charge in [0.1, 0.15) is 0 Å². The van der Waals surface area contributed by atoms with E-state index in [0.29, 0.717) is 23.4 Å². The fourth-order valence-electron chi connectivity index (χ4n) is 3.83. The standard InChI is InChI=1S/C15H20N2O/c1-10-14(11-6-8-17(10)9-7-11)12-4-2-3-5-13(12)15(16)18/h2-5,10-11,14H,6-9H2,1H3,(H2,16,18)/t10-,14+/m0/s1. The summed E-state index contributed by atoms with van der Waals surface area (Å²) in [6, 6.07) is 8.39. The fraction of sp³-hybridized carbons (Fsp3) is 0.533. The first-order chi connectivity index (χ1) is 8.68. The molecular formula is C15H20N2O. The number of rotatable bonds is 2. The molecule has 3 aliphatic rings. The van der Waals surface area contributed by atoms with Gasteiger partial charge in [-0.1, -0.05) is 18.2 Å². The van der Waals surface area contributed by atoms with Crippen molar-refractivity contribution in [3.63, 3.8) is 0 Å². The van der Waals surface area contributed by atoms with E-state index in [1.807, 2.05) is 18.2 Å². The predicted molar refractivity (Wildman–Crippen MR) is 71.5 cm³/mol. The summed E-state index contributed by atoms with van der Waals surface area (Å²) in [6.45, 7) is 4.70. The molecule has 1 aromatic carbocycles. The fourth-order valence-corrected chi connectivity index (χ4v) is 3.83. The van der Waals surface area contributed by atoms with Crippen LogP contribution in [-0.2, 0) is 0 Å². The lowest BCUT2D eigenvalue weighted by Gasteiger charge is -2.50. The van der Waals surface area contributed by atoms with Crippen LogP contribution < -0.4 is 5.73 Å². The third-order valence-electron chi connectivity index (χ3n) is 4.76. The van der Waals surface area contributed by atoms with Crippen molar-refractivity contribution in [1.82, 2.24) is 4.90 Å². The highest BCUT2D eigenvalue weighted by Gasteiger charge is 2.41. The van der Waals surface area contributed by atoms with Crippen molar-refractivity contribution in [3.05, 3.63) is 35.4 Å². The average molecular weight is 244 g/mol. The van der Waals surface area contributed by atoms with E-state index in [1.165, 1.54) is 25.9 Å². The highest BCUT2D eigenvalue weighted by atomic mass is 16.1. The van der Waals surface area contributed by atoms with Crippen LogP contribution in [0.3, 0.4) is 0 Å². The lowest BCUT2D eigenvalue weighted by molar-refractivity contribution is 0.0346. The van der Waals surface area contributed by atoms with E-state index in [4.69, 9.17) is 5.73 Å². The van der Waals surface area contributed by atoms with Crippen LogP contribution in [0, 0.1) is 5.92 Å². The first-order valence-electron chi connectivity index (χ1n) is 6.81. The highest BCUT2D eigenvalue weighted by Crippen LogP contribution is 2.44. The van der Waals surface area contributed by atoms with Crippen molar-refractivity contribution in [1.29, 1.82) is 0 Å². The molecule has 3 saturated heterocycles. The van der Waals surface area contributed by atoms with Crippen LogP contribution in [0.15, 0.2) is 24.3 Å². The van der Waals surface area contributed by atoms with Crippen molar-refractivity contribution < 1.29 is 4.79 Å². The molecular weight excluding hydrogens is 224 g/mol. The number of hydrogen-bond donors (Lipinski definition) is 1. The Balaban J connectivity index is 2.02. The minimum atomic E-state index is -0.297. The monoisotopic (exact) mass is 244 g/mol. The zero-order valence-electron chi connectivity index (χ0n) is 10.8. The van der Waals surface area contributed by atoms with E-state index in [9.17, 15) is 4.79 Å². The molecule has 2 N–H and O–H groups in total. The lowest BCUT2D eigenvalue weighted by atomic mass is 9.70. The molecule has 3 heterocycles. The largest absolute Gasteiger partial charge is 0.366 e. The Bertz CT molecular complexity index is 461. The number of piperidine rings is 3. The minimum Gasteiger partial charge on any atom is -0.366 e. The predicted octanol–water partition coefficient (Wildman–Crippen LogP) is 1.98. The number of benzene rings is 1. The zero-order valence-corrected chi connectivity index (χ0v) is 10.8. The van der Waals surface area contributed by atoms with Crippen molar-refractivity contribution in [2.45, 2.75) is 31.7 Å². The smallest absolute Gasteiger partial charge is 0.248 e. The van der Waals surface area contributed by atoms with Gasteiger partial charge in [0, 0.05) is 17.5 Å². The number of hydrogen-bond acceptors (Lipinski definition) is 2. The van der Waals surface area contributed by atoms with Crippen LogP contribution in [0.4, 0.5) is 0 Å². The Kier molecular flexibility index (Phi) is 2.86. The maximum atomic E-state index is 11.6. The van der Waals surface area contributed by atoms with Gasteiger partial charge < -0.3 is 10.6 Å². The number of nitrogens with two attached hydrogens (primary N) is 1. The SMILES string of the molecule is C[C@H]1[C@@H](c2ccccc2C(N)=O)C2CCN1CC2. The third-order valence-corrected chi connectivity index (χ3v) is 4.76. The van der Waals surface area contributed by atoms with Crippen LogP contribution in [0.1, 0.15) is 41.6 Å². The summed E-state index contributed by atoms with van der Waals surface area (Å²) < 4.78 is 0.